The van der Waals surface area contributed by atoms with E-state index in [1.54, 1.807) is 24.4 Å². The zero-order valence-electron chi connectivity index (χ0n) is 18.2. The van der Waals surface area contributed by atoms with E-state index in [0.717, 1.165) is 31.8 Å². The Kier molecular flexibility index (Phi) is 5.68. The molecule has 5 aromatic rings. The van der Waals surface area contributed by atoms with Gasteiger partial charge in [-0.15, -0.1) is 22.7 Å². The Morgan fingerprint density at radius 1 is 1.12 bits per heavy atom. The number of anilines is 1. The highest BCUT2D eigenvalue weighted by Crippen LogP contribution is 2.32. The number of nitrogens with one attached hydrogen (secondary N) is 1. The predicted molar refractivity (Wildman–Crippen MR) is 133 cm³/mol. The maximum absolute atomic E-state index is 13.5. The van der Waals surface area contributed by atoms with Crippen molar-refractivity contribution in [2.45, 2.75) is 13.8 Å². The van der Waals surface area contributed by atoms with Crippen molar-refractivity contribution in [3.05, 3.63) is 80.5 Å². The molecule has 1 N–H and O–H groups in total. The summed E-state index contributed by atoms with van der Waals surface area (Å²) in [5.41, 5.74) is 1.80. The summed E-state index contributed by atoms with van der Waals surface area (Å²) in [7, 11) is 0. The van der Waals surface area contributed by atoms with Crippen molar-refractivity contribution in [1.82, 2.24) is 14.8 Å². The molecule has 34 heavy (non-hydrogen) atoms. The molecule has 0 bridgehead atoms. The number of nitrogens with zero attached hydrogens (tertiary/aromatic N) is 3. The molecule has 3 heterocycles. The number of ether oxygens (including phenoxy) is 1. The number of amides is 1. The first-order valence-electron chi connectivity index (χ1n) is 10.4. The molecular formula is C24H18N4O4S2. The molecule has 10 heteroatoms. The van der Waals surface area contributed by atoms with Crippen molar-refractivity contribution < 1.29 is 14.3 Å². The van der Waals surface area contributed by atoms with Crippen LogP contribution in [-0.2, 0) is 4.74 Å². The van der Waals surface area contributed by atoms with E-state index in [4.69, 9.17) is 4.74 Å². The van der Waals surface area contributed by atoms with Crippen molar-refractivity contribution in [3.8, 4) is 5.69 Å². The predicted octanol–water partition coefficient (Wildman–Crippen LogP) is 4.79. The number of carbonyl (C=O) groups excluding carboxylic acids is 2. The van der Waals surface area contributed by atoms with E-state index in [-0.39, 0.29) is 22.7 Å². The Balaban J connectivity index is 1.63. The number of hydrogen-bond acceptors (Lipinski definition) is 8. The maximum Gasteiger partial charge on any atom is 0.359 e. The summed E-state index contributed by atoms with van der Waals surface area (Å²) in [4.78, 5) is 43.5. The minimum Gasteiger partial charge on any atom is -0.461 e. The second-order valence-electron chi connectivity index (χ2n) is 7.42. The van der Waals surface area contributed by atoms with E-state index >= 15 is 0 Å². The van der Waals surface area contributed by atoms with Crippen LogP contribution in [-0.4, -0.2) is 33.2 Å². The lowest BCUT2D eigenvalue weighted by Crippen LogP contribution is -2.25. The molecule has 0 spiro atoms. The maximum atomic E-state index is 13.5. The summed E-state index contributed by atoms with van der Waals surface area (Å²) >= 11 is 2.41. The van der Waals surface area contributed by atoms with Gasteiger partial charge in [-0.25, -0.2) is 9.78 Å². The zero-order valence-corrected chi connectivity index (χ0v) is 19.8. The largest absolute Gasteiger partial charge is 0.461 e. The number of benzene rings is 2. The Labute approximate surface area is 201 Å². The fourth-order valence-electron chi connectivity index (χ4n) is 3.48. The van der Waals surface area contributed by atoms with Crippen LogP contribution in [0.15, 0.2) is 58.7 Å². The van der Waals surface area contributed by atoms with E-state index in [9.17, 15) is 14.4 Å². The average molecular weight is 491 g/mol. The van der Waals surface area contributed by atoms with Gasteiger partial charge < -0.3 is 10.1 Å². The highest BCUT2D eigenvalue weighted by atomic mass is 32.1. The lowest BCUT2D eigenvalue weighted by Gasteiger charge is -2.10. The van der Waals surface area contributed by atoms with Crippen LogP contribution in [0.2, 0.25) is 0 Å². The molecule has 0 aliphatic rings. The number of aromatic nitrogens is 3. The standard InChI is InChI=1S/C24H18N4O4S2/c1-3-32-24(31)19-15-12-33-21(26-20(29)22-25-16-6-4-5-7-17(16)34-22)18(15)23(30)28(27-19)14-10-8-13(2)9-11-14/h4-12H,3H2,1-2H3,(H,26,29). The van der Waals surface area contributed by atoms with Crippen molar-refractivity contribution in [2.24, 2.45) is 0 Å². The molecule has 0 unspecified atom stereocenters. The van der Waals surface area contributed by atoms with Crippen LogP contribution in [0.5, 0.6) is 0 Å². The third kappa shape index (κ3) is 3.87. The third-order valence-electron chi connectivity index (χ3n) is 5.11. The zero-order chi connectivity index (χ0) is 23.8. The highest BCUT2D eigenvalue weighted by molar-refractivity contribution is 7.20. The van der Waals surface area contributed by atoms with Gasteiger partial charge in [-0.3, -0.25) is 9.59 Å². The van der Waals surface area contributed by atoms with Gasteiger partial charge in [-0.1, -0.05) is 29.8 Å². The van der Waals surface area contributed by atoms with Crippen LogP contribution in [0.1, 0.15) is 32.8 Å². The molecule has 0 atom stereocenters. The first-order chi connectivity index (χ1) is 16.5. The fraction of sp³-hybridized carbons (Fsp3) is 0.125. The third-order valence-corrected chi connectivity index (χ3v) is 7.05. The monoisotopic (exact) mass is 490 g/mol. The Bertz CT molecular complexity index is 1580. The first kappa shape index (κ1) is 21.9. The molecule has 0 fully saturated rings. The molecule has 2 aromatic carbocycles. The summed E-state index contributed by atoms with van der Waals surface area (Å²) in [6, 6.07) is 14.7. The molecule has 0 saturated heterocycles. The van der Waals surface area contributed by atoms with E-state index in [1.165, 1.54) is 11.3 Å². The molecule has 8 nitrogen and oxygen atoms in total. The fourth-order valence-corrected chi connectivity index (χ4v) is 5.27. The van der Waals surface area contributed by atoms with Gasteiger partial charge in [0.25, 0.3) is 11.5 Å². The number of thiophene rings is 1. The number of thiazole rings is 1. The Morgan fingerprint density at radius 3 is 2.62 bits per heavy atom. The molecule has 0 radical (unpaired) electrons. The molecule has 3 aromatic heterocycles. The van der Waals surface area contributed by atoms with E-state index in [1.807, 2.05) is 43.3 Å². The number of aryl methyl sites for hydroxylation is 1. The SMILES string of the molecule is CCOC(=O)c1nn(-c2ccc(C)cc2)c(=O)c2c(NC(=O)c3nc4ccccc4s3)scc12. The van der Waals surface area contributed by atoms with Gasteiger partial charge in [0.05, 0.1) is 27.9 Å². The van der Waals surface area contributed by atoms with Gasteiger partial charge in [0.15, 0.2) is 10.7 Å². The quantitative estimate of drug-likeness (QED) is 0.355. The minimum absolute atomic E-state index is 0.00811. The van der Waals surface area contributed by atoms with Crippen LogP contribution in [0.25, 0.3) is 26.7 Å². The smallest absolute Gasteiger partial charge is 0.359 e. The molecule has 0 saturated carbocycles. The minimum atomic E-state index is -0.643. The lowest BCUT2D eigenvalue weighted by atomic mass is 10.2. The number of para-hydroxylation sites is 1. The second-order valence-corrected chi connectivity index (χ2v) is 9.33. The summed E-state index contributed by atoms with van der Waals surface area (Å²) in [6.07, 6.45) is 0. The molecule has 0 aliphatic heterocycles. The summed E-state index contributed by atoms with van der Waals surface area (Å²) in [6.45, 7) is 3.79. The van der Waals surface area contributed by atoms with Crippen molar-refractivity contribution in [2.75, 3.05) is 11.9 Å². The first-order valence-corrected chi connectivity index (χ1v) is 12.1. The van der Waals surface area contributed by atoms with Crippen LogP contribution in [0.4, 0.5) is 5.00 Å². The topological polar surface area (TPSA) is 103 Å². The van der Waals surface area contributed by atoms with Gasteiger partial charge in [0, 0.05) is 10.8 Å². The molecule has 1 amide bonds. The Hall–Kier alpha value is -3.89. The number of carbonyl (C=O) groups is 2. The number of fused-ring (bicyclic) bond motifs is 2. The van der Waals surface area contributed by atoms with Crippen LogP contribution < -0.4 is 10.9 Å². The molecule has 170 valence electrons. The average Bonchev–Trinajstić information content (AvgIpc) is 3.45. The summed E-state index contributed by atoms with van der Waals surface area (Å²) in [5.74, 6) is -1.07. The van der Waals surface area contributed by atoms with Crippen LogP contribution >= 0.6 is 22.7 Å². The summed E-state index contributed by atoms with van der Waals surface area (Å²) in [5, 5.41) is 9.86. The molecular weight excluding hydrogens is 472 g/mol. The van der Waals surface area contributed by atoms with Crippen molar-refractivity contribution >= 4 is 60.5 Å². The summed E-state index contributed by atoms with van der Waals surface area (Å²) < 4.78 is 7.22. The van der Waals surface area contributed by atoms with Gasteiger partial charge >= 0.3 is 5.97 Å². The van der Waals surface area contributed by atoms with Gasteiger partial charge in [-0.05, 0) is 38.1 Å². The highest BCUT2D eigenvalue weighted by Gasteiger charge is 2.24. The number of hydrogen-bond donors (Lipinski definition) is 1. The van der Waals surface area contributed by atoms with Gasteiger partial charge in [0.1, 0.15) is 5.00 Å². The van der Waals surface area contributed by atoms with E-state index in [0.29, 0.717) is 16.1 Å². The van der Waals surface area contributed by atoms with E-state index < -0.39 is 17.4 Å². The Morgan fingerprint density at radius 2 is 1.88 bits per heavy atom. The van der Waals surface area contributed by atoms with Crippen molar-refractivity contribution in [3.63, 3.8) is 0 Å². The lowest BCUT2D eigenvalue weighted by molar-refractivity contribution is 0.0520. The number of esters is 1. The van der Waals surface area contributed by atoms with Crippen molar-refractivity contribution in [1.29, 1.82) is 0 Å². The molecule has 0 aliphatic carbocycles. The molecule has 5 rings (SSSR count). The second kappa shape index (κ2) is 8.81. The normalized spacial score (nSPS) is 11.1. The number of rotatable bonds is 5. The van der Waals surface area contributed by atoms with Crippen LogP contribution in [0.3, 0.4) is 0 Å². The van der Waals surface area contributed by atoms with E-state index in [2.05, 4.69) is 15.4 Å². The van der Waals surface area contributed by atoms with Crippen LogP contribution in [0, 0.1) is 6.92 Å². The van der Waals surface area contributed by atoms with Gasteiger partial charge in [0.2, 0.25) is 0 Å². The van der Waals surface area contributed by atoms with Gasteiger partial charge in [-0.2, -0.15) is 9.78 Å².